The van der Waals surface area contributed by atoms with Crippen LogP contribution in [0.15, 0.2) is 44.4 Å². The first-order valence-corrected chi connectivity index (χ1v) is 9.22. The number of aliphatic carboxylic acids is 1. The molecule has 2 aromatic rings. The van der Waals surface area contributed by atoms with Gasteiger partial charge >= 0.3 is 5.97 Å². The number of hydrogen-bond donors (Lipinski definition) is 2. The van der Waals surface area contributed by atoms with Crippen LogP contribution in [0.1, 0.15) is 21.5 Å². The lowest BCUT2D eigenvalue weighted by atomic mass is 10.1. The normalized spacial score (nSPS) is 10.7. The van der Waals surface area contributed by atoms with Gasteiger partial charge in [0, 0.05) is 0 Å². The van der Waals surface area contributed by atoms with E-state index in [2.05, 4.69) is 42.4 Å². The number of carbonyl (C=O) groups excluding carboxylic acids is 1. The van der Waals surface area contributed by atoms with E-state index in [0.29, 0.717) is 31.6 Å². The minimum absolute atomic E-state index is 0.364. The molecule has 0 aliphatic heterocycles. The highest BCUT2D eigenvalue weighted by Gasteiger charge is 2.12. The predicted octanol–water partition coefficient (Wildman–Crippen LogP) is 3.76. The summed E-state index contributed by atoms with van der Waals surface area (Å²) in [6, 6.07) is 8.61. The van der Waals surface area contributed by atoms with E-state index in [4.69, 9.17) is 14.6 Å². The smallest absolute Gasteiger partial charge is 0.341 e. The van der Waals surface area contributed by atoms with E-state index in [1.165, 1.54) is 13.3 Å². The zero-order chi connectivity index (χ0) is 20.0. The van der Waals surface area contributed by atoms with E-state index in [9.17, 15) is 9.59 Å². The van der Waals surface area contributed by atoms with Gasteiger partial charge in [-0.3, -0.25) is 4.79 Å². The molecule has 2 aromatic carbocycles. The molecule has 9 heteroatoms. The highest BCUT2D eigenvalue weighted by molar-refractivity contribution is 9.11. The third-order valence-electron chi connectivity index (χ3n) is 3.34. The van der Waals surface area contributed by atoms with Gasteiger partial charge in [0.25, 0.3) is 5.91 Å². The second-order valence-electron chi connectivity index (χ2n) is 5.40. The van der Waals surface area contributed by atoms with Crippen molar-refractivity contribution in [3.63, 3.8) is 0 Å². The summed E-state index contributed by atoms with van der Waals surface area (Å²) in [5.41, 5.74) is 4.46. The van der Waals surface area contributed by atoms with Crippen LogP contribution in [0.3, 0.4) is 0 Å². The van der Waals surface area contributed by atoms with Gasteiger partial charge in [-0.2, -0.15) is 5.10 Å². The van der Waals surface area contributed by atoms with Crippen LogP contribution in [-0.2, 0) is 4.79 Å². The van der Waals surface area contributed by atoms with Crippen molar-refractivity contribution in [3.05, 3.63) is 56.0 Å². The van der Waals surface area contributed by atoms with Crippen molar-refractivity contribution in [3.8, 4) is 11.5 Å². The molecule has 142 valence electrons. The fourth-order valence-corrected chi connectivity index (χ4v) is 3.59. The van der Waals surface area contributed by atoms with Gasteiger partial charge in [-0.15, -0.1) is 0 Å². The summed E-state index contributed by atoms with van der Waals surface area (Å²) in [6.45, 7) is 1.45. The van der Waals surface area contributed by atoms with Crippen LogP contribution >= 0.6 is 31.9 Å². The average Bonchev–Trinajstić information content (AvgIpc) is 2.60. The number of amides is 1. The minimum Gasteiger partial charge on any atom is -0.496 e. The van der Waals surface area contributed by atoms with Crippen molar-refractivity contribution in [2.45, 2.75) is 6.92 Å². The number of aryl methyl sites for hydroxylation is 1. The molecule has 0 saturated carbocycles. The number of nitrogens with zero attached hydrogens (tertiary/aromatic N) is 1. The fourth-order valence-electron chi connectivity index (χ4n) is 2.14. The van der Waals surface area contributed by atoms with Crippen LogP contribution < -0.4 is 14.9 Å². The summed E-state index contributed by atoms with van der Waals surface area (Å²) in [5.74, 6) is -0.646. The molecule has 0 spiro atoms. The van der Waals surface area contributed by atoms with E-state index in [1.54, 1.807) is 24.3 Å². The number of carboxylic acids is 1. The van der Waals surface area contributed by atoms with Crippen LogP contribution in [-0.4, -0.2) is 36.9 Å². The van der Waals surface area contributed by atoms with Crippen molar-refractivity contribution >= 4 is 50.0 Å². The molecule has 0 bridgehead atoms. The number of halogens is 2. The number of hydrazone groups is 1. The summed E-state index contributed by atoms with van der Waals surface area (Å²) in [7, 11) is 1.50. The number of hydrogen-bond acceptors (Lipinski definition) is 5. The maximum atomic E-state index is 12.3. The highest BCUT2D eigenvalue weighted by atomic mass is 79.9. The number of carbonyl (C=O) groups is 2. The Morgan fingerprint density at radius 3 is 2.48 bits per heavy atom. The lowest BCUT2D eigenvalue weighted by Gasteiger charge is -2.09. The molecule has 0 heterocycles. The number of benzene rings is 2. The third kappa shape index (κ3) is 5.80. The Balaban J connectivity index is 2.10. The first-order chi connectivity index (χ1) is 12.8. The van der Waals surface area contributed by atoms with Gasteiger partial charge in [0.15, 0.2) is 6.61 Å². The Kier molecular flexibility index (Phi) is 7.37. The van der Waals surface area contributed by atoms with Gasteiger partial charge < -0.3 is 14.6 Å². The van der Waals surface area contributed by atoms with Gasteiger partial charge in [0.05, 0.1) is 27.8 Å². The van der Waals surface area contributed by atoms with Crippen molar-refractivity contribution in [2.24, 2.45) is 5.10 Å². The molecule has 0 fully saturated rings. The van der Waals surface area contributed by atoms with Crippen molar-refractivity contribution in [1.82, 2.24) is 5.43 Å². The predicted molar refractivity (Wildman–Crippen MR) is 108 cm³/mol. The Labute approximate surface area is 172 Å². The van der Waals surface area contributed by atoms with Gasteiger partial charge in [-0.05, 0) is 74.2 Å². The molecule has 0 aliphatic rings. The van der Waals surface area contributed by atoms with Crippen LogP contribution in [0.4, 0.5) is 0 Å². The largest absolute Gasteiger partial charge is 0.496 e. The molecular formula is C18H16Br2N2O5. The zero-order valence-electron chi connectivity index (χ0n) is 14.5. The van der Waals surface area contributed by atoms with E-state index < -0.39 is 18.5 Å². The molecule has 0 radical (unpaired) electrons. The van der Waals surface area contributed by atoms with Gasteiger partial charge in [0.1, 0.15) is 11.5 Å². The average molecular weight is 500 g/mol. The quantitative estimate of drug-likeness (QED) is 0.446. The minimum atomic E-state index is -1.08. The van der Waals surface area contributed by atoms with Gasteiger partial charge in [0.2, 0.25) is 0 Å². The fraction of sp³-hybridized carbons (Fsp3) is 0.167. The Bertz CT molecular complexity index is 876. The maximum absolute atomic E-state index is 12.3. The molecule has 2 N–H and O–H groups in total. The number of nitrogens with one attached hydrogen (secondary N) is 1. The standard InChI is InChI=1S/C18H16Br2N2O5/c1-10-3-4-12(15(5-10)26-2)18(25)22-21-8-11-6-13(19)17(14(20)7-11)27-9-16(23)24/h3-8H,9H2,1-2H3,(H,22,25)(H,23,24)/b21-8-. The topological polar surface area (TPSA) is 97.2 Å². The first kappa shape index (κ1) is 20.9. The SMILES string of the molecule is COc1cc(C)ccc1C(=O)N/N=C\c1cc(Br)c(OCC(=O)O)c(Br)c1. The second kappa shape index (κ2) is 9.52. The Hall–Kier alpha value is -2.39. The second-order valence-corrected chi connectivity index (χ2v) is 7.11. The Morgan fingerprint density at radius 1 is 1.22 bits per heavy atom. The van der Waals surface area contributed by atoms with Crippen LogP contribution in [0.25, 0.3) is 0 Å². The summed E-state index contributed by atoms with van der Waals surface area (Å²) < 4.78 is 11.5. The highest BCUT2D eigenvalue weighted by Crippen LogP contribution is 2.34. The molecule has 0 aliphatic carbocycles. The third-order valence-corrected chi connectivity index (χ3v) is 4.52. The van der Waals surface area contributed by atoms with Crippen LogP contribution in [0.2, 0.25) is 0 Å². The number of carboxylic acid groups (broad SMARTS) is 1. The molecular weight excluding hydrogens is 484 g/mol. The number of rotatable bonds is 7. The number of ether oxygens (including phenoxy) is 2. The molecule has 2 rings (SSSR count). The lowest BCUT2D eigenvalue weighted by molar-refractivity contribution is -0.139. The zero-order valence-corrected chi connectivity index (χ0v) is 17.6. The van der Waals surface area contributed by atoms with E-state index in [1.807, 2.05) is 13.0 Å². The van der Waals surface area contributed by atoms with Crippen LogP contribution in [0.5, 0.6) is 11.5 Å². The molecule has 0 saturated heterocycles. The number of methoxy groups -OCH3 is 1. The van der Waals surface area contributed by atoms with Crippen molar-refractivity contribution in [1.29, 1.82) is 0 Å². The summed E-state index contributed by atoms with van der Waals surface area (Å²) in [4.78, 5) is 22.9. The summed E-state index contributed by atoms with van der Waals surface area (Å²) >= 11 is 6.64. The molecule has 7 nitrogen and oxygen atoms in total. The van der Waals surface area contributed by atoms with Crippen molar-refractivity contribution in [2.75, 3.05) is 13.7 Å². The van der Waals surface area contributed by atoms with E-state index >= 15 is 0 Å². The van der Waals surface area contributed by atoms with E-state index in [0.717, 1.165) is 5.56 Å². The van der Waals surface area contributed by atoms with Gasteiger partial charge in [-0.25, -0.2) is 10.2 Å². The molecule has 0 atom stereocenters. The van der Waals surface area contributed by atoms with Crippen molar-refractivity contribution < 1.29 is 24.2 Å². The summed E-state index contributed by atoms with van der Waals surface area (Å²) in [5, 5.41) is 12.6. The Morgan fingerprint density at radius 2 is 1.89 bits per heavy atom. The lowest BCUT2D eigenvalue weighted by Crippen LogP contribution is -2.18. The maximum Gasteiger partial charge on any atom is 0.341 e. The molecule has 0 unspecified atom stereocenters. The van der Waals surface area contributed by atoms with Crippen LogP contribution in [0, 0.1) is 6.92 Å². The van der Waals surface area contributed by atoms with Gasteiger partial charge in [-0.1, -0.05) is 6.07 Å². The molecule has 1 amide bonds. The van der Waals surface area contributed by atoms with E-state index in [-0.39, 0.29) is 0 Å². The monoisotopic (exact) mass is 498 g/mol. The molecule has 27 heavy (non-hydrogen) atoms. The summed E-state index contributed by atoms with van der Waals surface area (Å²) in [6.07, 6.45) is 1.45. The first-order valence-electron chi connectivity index (χ1n) is 7.63. The molecule has 0 aromatic heterocycles.